The van der Waals surface area contributed by atoms with Crippen LogP contribution in [0.25, 0.3) is 10.9 Å². The van der Waals surface area contributed by atoms with Crippen LogP contribution in [0, 0.1) is 11.3 Å². The molecule has 2 heterocycles. The van der Waals surface area contributed by atoms with Crippen molar-refractivity contribution in [2.24, 2.45) is 0 Å². The van der Waals surface area contributed by atoms with E-state index in [0.29, 0.717) is 11.6 Å². The first-order valence-electron chi connectivity index (χ1n) is 6.57. The Morgan fingerprint density at radius 3 is 3.05 bits per heavy atom. The van der Waals surface area contributed by atoms with Crippen molar-refractivity contribution in [2.75, 3.05) is 24.5 Å². The van der Waals surface area contributed by atoms with Crippen molar-refractivity contribution >= 4 is 16.7 Å². The molecule has 1 N–H and O–H groups in total. The fraction of sp³-hybridized carbons (Fsp3) is 0.333. The number of anilines is 1. The van der Waals surface area contributed by atoms with Crippen molar-refractivity contribution in [1.29, 1.82) is 5.26 Å². The molecule has 0 radical (unpaired) electrons. The molecule has 1 fully saturated rings. The number of fused-ring (bicyclic) bond motifs is 1. The first-order chi connectivity index (χ1) is 9.29. The van der Waals surface area contributed by atoms with E-state index in [1.807, 2.05) is 30.3 Å². The number of para-hydroxylation sites is 1. The predicted octanol–water partition coefficient (Wildman–Crippen LogP) is 1.90. The van der Waals surface area contributed by atoms with E-state index in [1.165, 1.54) is 0 Å². The molecule has 0 aliphatic carbocycles. The Bertz CT molecular complexity index is 644. The second-order valence-electron chi connectivity index (χ2n) is 4.90. The molecule has 1 aromatic heterocycles. The zero-order chi connectivity index (χ0) is 13.2. The van der Waals surface area contributed by atoms with Crippen molar-refractivity contribution in [1.82, 2.24) is 10.3 Å². The summed E-state index contributed by atoms with van der Waals surface area (Å²) in [5.41, 5.74) is 1.59. The van der Waals surface area contributed by atoms with Gasteiger partial charge in [-0.1, -0.05) is 18.2 Å². The van der Waals surface area contributed by atoms with E-state index < -0.39 is 0 Å². The minimum Gasteiger partial charge on any atom is -0.351 e. The summed E-state index contributed by atoms with van der Waals surface area (Å²) in [6.45, 7) is 5.02. The van der Waals surface area contributed by atoms with Crippen LogP contribution < -0.4 is 10.2 Å². The maximum atomic E-state index is 9.32. The summed E-state index contributed by atoms with van der Waals surface area (Å²) in [6.07, 6.45) is 0. The molecule has 3 rings (SSSR count). The van der Waals surface area contributed by atoms with Gasteiger partial charge in [0.15, 0.2) is 0 Å². The van der Waals surface area contributed by atoms with Crippen LogP contribution in [0.5, 0.6) is 0 Å². The molecule has 2 aromatic rings. The van der Waals surface area contributed by atoms with Crippen LogP contribution in [0.3, 0.4) is 0 Å². The summed E-state index contributed by atoms with van der Waals surface area (Å²) in [5, 5.41) is 13.6. The number of hydrogen-bond donors (Lipinski definition) is 1. The summed E-state index contributed by atoms with van der Waals surface area (Å²) in [5.74, 6) is 0.907. The van der Waals surface area contributed by atoms with Gasteiger partial charge in [0.05, 0.1) is 17.1 Å². The monoisotopic (exact) mass is 252 g/mol. The van der Waals surface area contributed by atoms with Gasteiger partial charge >= 0.3 is 0 Å². The molecule has 1 aliphatic heterocycles. The Morgan fingerprint density at radius 2 is 2.26 bits per heavy atom. The Balaban J connectivity index is 2.12. The van der Waals surface area contributed by atoms with Gasteiger partial charge in [-0.2, -0.15) is 5.26 Å². The van der Waals surface area contributed by atoms with Crippen molar-refractivity contribution in [3.8, 4) is 6.07 Å². The van der Waals surface area contributed by atoms with Gasteiger partial charge in [-0.3, -0.25) is 0 Å². The summed E-state index contributed by atoms with van der Waals surface area (Å²) in [6, 6.07) is 12.4. The first-order valence-corrected chi connectivity index (χ1v) is 6.57. The van der Waals surface area contributed by atoms with E-state index in [4.69, 9.17) is 4.98 Å². The standard InChI is InChI=1S/C15H16N4/c1-11-10-17-6-7-19(11)15-8-12(9-16)13-4-2-3-5-14(13)18-15/h2-5,8,11,17H,6-7,10H2,1H3. The third-order valence-electron chi connectivity index (χ3n) is 3.62. The number of hydrogen-bond acceptors (Lipinski definition) is 4. The molecular weight excluding hydrogens is 236 g/mol. The largest absolute Gasteiger partial charge is 0.351 e. The molecule has 0 amide bonds. The molecule has 0 bridgehead atoms. The van der Waals surface area contributed by atoms with Crippen LogP contribution in [0.15, 0.2) is 30.3 Å². The smallest absolute Gasteiger partial charge is 0.130 e. The molecule has 1 saturated heterocycles. The summed E-state index contributed by atoms with van der Waals surface area (Å²) in [4.78, 5) is 6.97. The summed E-state index contributed by atoms with van der Waals surface area (Å²) < 4.78 is 0. The van der Waals surface area contributed by atoms with E-state index >= 15 is 0 Å². The maximum absolute atomic E-state index is 9.32. The van der Waals surface area contributed by atoms with Gasteiger partial charge in [0.2, 0.25) is 0 Å². The van der Waals surface area contributed by atoms with E-state index in [1.54, 1.807) is 0 Å². The van der Waals surface area contributed by atoms with Crippen molar-refractivity contribution in [3.63, 3.8) is 0 Å². The first kappa shape index (κ1) is 11.9. The topological polar surface area (TPSA) is 52.0 Å². The number of nitrogens with one attached hydrogen (secondary N) is 1. The molecular formula is C15H16N4. The maximum Gasteiger partial charge on any atom is 0.130 e. The van der Waals surface area contributed by atoms with Crippen molar-refractivity contribution in [2.45, 2.75) is 13.0 Å². The molecule has 0 saturated carbocycles. The van der Waals surface area contributed by atoms with Crippen LogP contribution in [-0.2, 0) is 0 Å². The number of pyridine rings is 1. The van der Waals surface area contributed by atoms with E-state index in [9.17, 15) is 5.26 Å². The highest BCUT2D eigenvalue weighted by Gasteiger charge is 2.20. The molecule has 1 aromatic carbocycles. The van der Waals surface area contributed by atoms with Gasteiger partial charge in [0.1, 0.15) is 5.82 Å². The van der Waals surface area contributed by atoms with Gasteiger partial charge in [-0.25, -0.2) is 4.98 Å². The fourth-order valence-corrected chi connectivity index (χ4v) is 2.58. The molecule has 96 valence electrons. The average Bonchev–Trinajstić information content (AvgIpc) is 2.46. The quantitative estimate of drug-likeness (QED) is 0.842. The lowest BCUT2D eigenvalue weighted by atomic mass is 10.1. The number of rotatable bonds is 1. The van der Waals surface area contributed by atoms with Crippen LogP contribution in [0.2, 0.25) is 0 Å². The van der Waals surface area contributed by atoms with Gasteiger partial charge < -0.3 is 10.2 Å². The molecule has 0 spiro atoms. The van der Waals surface area contributed by atoms with E-state index in [-0.39, 0.29) is 0 Å². The normalized spacial score (nSPS) is 19.4. The Kier molecular flexibility index (Phi) is 3.06. The lowest BCUT2D eigenvalue weighted by Gasteiger charge is -2.35. The minimum atomic E-state index is 0.397. The Labute approximate surface area is 112 Å². The third kappa shape index (κ3) is 2.13. The van der Waals surface area contributed by atoms with Gasteiger partial charge in [0, 0.05) is 31.1 Å². The zero-order valence-electron chi connectivity index (χ0n) is 10.9. The second kappa shape index (κ2) is 4.87. The van der Waals surface area contributed by atoms with Crippen LogP contribution in [0.4, 0.5) is 5.82 Å². The lowest BCUT2D eigenvalue weighted by molar-refractivity contribution is 0.497. The highest BCUT2D eigenvalue weighted by molar-refractivity contribution is 5.86. The van der Waals surface area contributed by atoms with E-state index in [0.717, 1.165) is 36.4 Å². The fourth-order valence-electron chi connectivity index (χ4n) is 2.58. The highest BCUT2D eigenvalue weighted by atomic mass is 15.3. The average molecular weight is 252 g/mol. The Morgan fingerprint density at radius 1 is 1.42 bits per heavy atom. The summed E-state index contributed by atoms with van der Waals surface area (Å²) in [7, 11) is 0. The van der Waals surface area contributed by atoms with Crippen LogP contribution >= 0.6 is 0 Å². The number of benzene rings is 1. The molecule has 1 atom stereocenters. The predicted molar refractivity (Wildman–Crippen MR) is 76.1 cm³/mol. The van der Waals surface area contributed by atoms with Crippen LogP contribution in [-0.4, -0.2) is 30.7 Å². The molecule has 19 heavy (non-hydrogen) atoms. The van der Waals surface area contributed by atoms with Gasteiger partial charge in [-0.05, 0) is 19.1 Å². The molecule has 1 aliphatic rings. The molecule has 4 nitrogen and oxygen atoms in total. The SMILES string of the molecule is CC1CNCCN1c1cc(C#N)c2ccccc2n1. The number of nitriles is 1. The number of piperazine rings is 1. The molecule has 1 unspecified atom stereocenters. The second-order valence-corrected chi connectivity index (χ2v) is 4.90. The lowest BCUT2D eigenvalue weighted by Crippen LogP contribution is -2.50. The van der Waals surface area contributed by atoms with Crippen molar-refractivity contribution < 1.29 is 0 Å². The van der Waals surface area contributed by atoms with E-state index in [2.05, 4.69) is 23.2 Å². The van der Waals surface area contributed by atoms with Crippen molar-refractivity contribution in [3.05, 3.63) is 35.9 Å². The Hall–Kier alpha value is -2.12. The van der Waals surface area contributed by atoms with Gasteiger partial charge in [0.25, 0.3) is 0 Å². The summed E-state index contributed by atoms with van der Waals surface area (Å²) >= 11 is 0. The minimum absolute atomic E-state index is 0.397. The number of aromatic nitrogens is 1. The zero-order valence-corrected chi connectivity index (χ0v) is 10.9. The highest BCUT2D eigenvalue weighted by Crippen LogP contribution is 2.24. The third-order valence-corrected chi connectivity index (χ3v) is 3.62. The number of nitrogens with zero attached hydrogens (tertiary/aromatic N) is 3. The van der Waals surface area contributed by atoms with Gasteiger partial charge in [-0.15, -0.1) is 0 Å². The molecule has 4 heteroatoms. The van der Waals surface area contributed by atoms with Crippen LogP contribution in [0.1, 0.15) is 12.5 Å².